The second-order valence-corrected chi connectivity index (χ2v) is 2.13. The molecule has 0 saturated heterocycles. The largest absolute Gasteiger partial charge is 0.265 e. The van der Waals surface area contributed by atoms with E-state index >= 15 is 0 Å². The fourth-order valence-electron chi connectivity index (χ4n) is 0.376. The molecular formula is C4H8N4. The van der Waals surface area contributed by atoms with Gasteiger partial charge in [-0.25, -0.2) is 4.99 Å². The van der Waals surface area contributed by atoms with Crippen LogP contribution in [0.25, 0.3) is 0 Å². The maximum absolute atomic E-state index is 3.97. The quantitative estimate of drug-likeness (QED) is 0.493. The summed E-state index contributed by atoms with van der Waals surface area (Å²) in [6, 6.07) is 0. The highest BCUT2D eigenvalue weighted by atomic mass is 15.5. The molecule has 0 radical (unpaired) electrons. The molecule has 1 aliphatic rings. The van der Waals surface area contributed by atoms with Crippen LogP contribution in [-0.2, 0) is 0 Å². The summed E-state index contributed by atoms with van der Waals surface area (Å²) in [5.74, 6) is 0. The Morgan fingerprint density at radius 3 is 2.50 bits per heavy atom. The van der Waals surface area contributed by atoms with Crippen molar-refractivity contribution in [2.75, 3.05) is 0 Å². The Bertz CT molecular complexity index is 135. The van der Waals surface area contributed by atoms with Gasteiger partial charge >= 0.3 is 0 Å². The Labute approximate surface area is 47.7 Å². The van der Waals surface area contributed by atoms with E-state index in [0.717, 1.165) is 0 Å². The van der Waals surface area contributed by atoms with Crippen LogP contribution in [0.1, 0.15) is 13.8 Å². The second kappa shape index (κ2) is 1.54. The van der Waals surface area contributed by atoms with Crippen molar-refractivity contribution in [2.45, 2.75) is 19.5 Å². The van der Waals surface area contributed by atoms with Crippen LogP contribution in [0.3, 0.4) is 0 Å². The zero-order valence-corrected chi connectivity index (χ0v) is 4.92. The molecule has 0 saturated carbocycles. The van der Waals surface area contributed by atoms with E-state index in [1.54, 1.807) is 0 Å². The number of hydrogen-bond acceptors (Lipinski definition) is 4. The van der Waals surface area contributed by atoms with Gasteiger partial charge in [0.05, 0.1) is 0 Å². The van der Waals surface area contributed by atoms with Crippen molar-refractivity contribution in [3.05, 3.63) is 0 Å². The molecule has 0 aliphatic carbocycles. The molecule has 1 rings (SSSR count). The number of nitrogens with one attached hydrogen (secondary N) is 1. The second-order valence-electron chi connectivity index (χ2n) is 2.13. The standard InChI is InChI=1S/C4H8N4/c1-4(2)5-3-6-8-7-4/h3H,1-2H3,(H,5,6,7). The molecule has 44 valence electrons. The van der Waals surface area contributed by atoms with Gasteiger partial charge in [-0.05, 0) is 13.8 Å². The molecule has 0 spiro atoms. The molecule has 4 heteroatoms. The summed E-state index contributed by atoms with van der Waals surface area (Å²) < 4.78 is 0. The summed E-state index contributed by atoms with van der Waals surface area (Å²) in [5, 5.41) is 7.05. The molecule has 0 aromatic carbocycles. The first kappa shape index (κ1) is 5.21. The minimum Gasteiger partial charge on any atom is -0.265 e. The molecule has 0 aromatic heterocycles. The van der Waals surface area contributed by atoms with Crippen LogP contribution in [0, 0.1) is 0 Å². The minimum absolute atomic E-state index is 0.262. The fraction of sp³-hybridized carbons (Fsp3) is 0.750. The van der Waals surface area contributed by atoms with Crippen molar-refractivity contribution >= 4 is 6.34 Å². The fourth-order valence-corrected chi connectivity index (χ4v) is 0.376. The van der Waals surface area contributed by atoms with Gasteiger partial charge in [-0.1, -0.05) is 5.22 Å². The van der Waals surface area contributed by atoms with Gasteiger partial charge in [0.25, 0.3) is 0 Å². The van der Waals surface area contributed by atoms with Gasteiger partial charge < -0.3 is 0 Å². The van der Waals surface area contributed by atoms with Gasteiger partial charge in [-0.15, -0.1) is 5.11 Å². The zero-order valence-electron chi connectivity index (χ0n) is 4.92. The summed E-state index contributed by atoms with van der Waals surface area (Å²) in [6.45, 7) is 3.84. The van der Waals surface area contributed by atoms with Gasteiger partial charge in [0.2, 0.25) is 0 Å². The lowest BCUT2D eigenvalue weighted by molar-refractivity contribution is 0.399. The van der Waals surface area contributed by atoms with Crippen molar-refractivity contribution in [2.24, 2.45) is 15.3 Å². The third-order valence-corrected chi connectivity index (χ3v) is 0.813. The van der Waals surface area contributed by atoms with Crippen molar-refractivity contribution in [3.8, 4) is 0 Å². The molecule has 0 unspecified atom stereocenters. The molecule has 4 nitrogen and oxygen atoms in total. The van der Waals surface area contributed by atoms with Crippen LogP contribution in [0.5, 0.6) is 0 Å². The van der Waals surface area contributed by atoms with Crippen LogP contribution in [0.15, 0.2) is 15.3 Å². The average Bonchev–Trinajstić information content (AvgIpc) is 1.65. The lowest BCUT2D eigenvalue weighted by atomic mass is 10.3. The third-order valence-electron chi connectivity index (χ3n) is 0.813. The van der Waals surface area contributed by atoms with Crippen LogP contribution in [0.2, 0.25) is 0 Å². The molecule has 1 aliphatic heterocycles. The maximum Gasteiger partial charge on any atom is 0.142 e. The van der Waals surface area contributed by atoms with Crippen LogP contribution < -0.4 is 5.43 Å². The van der Waals surface area contributed by atoms with Crippen molar-refractivity contribution < 1.29 is 0 Å². The molecule has 1 heterocycles. The topological polar surface area (TPSA) is 49.1 Å². The highest BCUT2D eigenvalue weighted by molar-refractivity contribution is 5.55. The number of nitrogens with zero attached hydrogens (tertiary/aromatic N) is 3. The highest BCUT2D eigenvalue weighted by Gasteiger charge is 2.14. The minimum atomic E-state index is -0.262. The van der Waals surface area contributed by atoms with Crippen molar-refractivity contribution in [1.82, 2.24) is 5.43 Å². The highest BCUT2D eigenvalue weighted by Crippen LogP contribution is 2.04. The van der Waals surface area contributed by atoms with E-state index in [-0.39, 0.29) is 5.66 Å². The molecule has 1 N–H and O–H groups in total. The number of aliphatic imine (C=N–C) groups is 1. The Balaban J connectivity index is 2.65. The normalized spacial score (nSPS) is 22.8. The lowest BCUT2D eigenvalue weighted by Crippen LogP contribution is -2.34. The van der Waals surface area contributed by atoms with E-state index in [1.165, 1.54) is 6.34 Å². The van der Waals surface area contributed by atoms with E-state index in [0.29, 0.717) is 0 Å². The van der Waals surface area contributed by atoms with Gasteiger partial charge in [0.1, 0.15) is 12.0 Å². The SMILES string of the molecule is CC1(C)N=CN=NN1. The van der Waals surface area contributed by atoms with E-state index in [9.17, 15) is 0 Å². The predicted molar refractivity (Wildman–Crippen MR) is 30.6 cm³/mol. The Morgan fingerprint density at radius 1 is 1.50 bits per heavy atom. The van der Waals surface area contributed by atoms with E-state index in [2.05, 4.69) is 20.8 Å². The van der Waals surface area contributed by atoms with E-state index in [1.807, 2.05) is 13.8 Å². The first-order valence-electron chi connectivity index (χ1n) is 2.41. The summed E-state index contributed by atoms with van der Waals surface area (Å²) in [6.07, 6.45) is 1.44. The van der Waals surface area contributed by atoms with Gasteiger partial charge in [-0.3, -0.25) is 5.43 Å². The lowest BCUT2D eigenvalue weighted by Gasteiger charge is -2.18. The summed E-state index contributed by atoms with van der Waals surface area (Å²) in [4.78, 5) is 3.97. The first-order chi connectivity index (χ1) is 3.71. The predicted octanol–water partition coefficient (Wildman–Crippen LogP) is 0.721. The van der Waals surface area contributed by atoms with Gasteiger partial charge in [-0.2, -0.15) is 0 Å². The van der Waals surface area contributed by atoms with E-state index < -0.39 is 0 Å². The van der Waals surface area contributed by atoms with Gasteiger partial charge in [0.15, 0.2) is 0 Å². The third kappa shape index (κ3) is 1.02. The van der Waals surface area contributed by atoms with Gasteiger partial charge in [0, 0.05) is 0 Å². The summed E-state index contributed by atoms with van der Waals surface area (Å²) in [7, 11) is 0. The molecule has 8 heavy (non-hydrogen) atoms. The molecule has 0 bridgehead atoms. The van der Waals surface area contributed by atoms with Crippen LogP contribution >= 0.6 is 0 Å². The first-order valence-corrected chi connectivity index (χ1v) is 2.41. The maximum atomic E-state index is 3.97. The molecular weight excluding hydrogens is 104 g/mol. The van der Waals surface area contributed by atoms with Crippen LogP contribution in [-0.4, -0.2) is 12.0 Å². The summed E-state index contributed by atoms with van der Waals surface area (Å²) in [5.41, 5.74) is 2.46. The number of rotatable bonds is 0. The smallest absolute Gasteiger partial charge is 0.142 e. The van der Waals surface area contributed by atoms with Crippen molar-refractivity contribution in [1.29, 1.82) is 0 Å². The Morgan fingerprint density at radius 2 is 2.25 bits per heavy atom. The Kier molecular flexibility index (Phi) is 1.00. The average molecular weight is 112 g/mol. The van der Waals surface area contributed by atoms with Crippen LogP contribution in [0.4, 0.5) is 0 Å². The zero-order chi connectivity index (χ0) is 6.04. The van der Waals surface area contributed by atoms with E-state index in [4.69, 9.17) is 0 Å². The summed E-state index contributed by atoms with van der Waals surface area (Å²) >= 11 is 0. The Hall–Kier alpha value is -0.930. The monoisotopic (exact) mass is 112 g/mol. The molecule has 0 amide bonds. The molecule has 0 aromatic rings. The molecule has 0 fully saturated rings. The number of hydrogen-bond donors (Lipinski definition) is 1. The van der Waals surface area contributed by atoms with Crippen molar-refractivity contribution in [3.63, 3.8) is 0 Å². The molecule has 0 atom stereocenters.